The van der Waals surface area contributed by atoms with E-state index < -0.39 is 5.41 Å². The number of carbonyl (C=O) groups excluding carboxylic acids is 1. The molecule has 4 heteroatoms. The minimum Gasteiger partial charge on any atom is -1.00 e. The fraction of sp³-hybridized carbons (Fsp3) is 0.500. The normalized spacial score (nSPS) is 16.4. The van der Waals surface area contributed by atoms with E-state index in [9.17, 15) is 4.79 Å². The number of hydrogen-bond acceptors (Lipinski definition) is 1. The van der Waals surface area contributed by atoms with Gasteiger partial charge >= 0.3 is 0 Å². The summed E-state index contributed by atoms with van der Waals surface area (Å²) in [5.74, 6) is 0.155. The maximum Gasteiger partial charge on any atom is 0.235 e. The van der Waals surface area contributed by atoms with Crippen molar-refractivity contribution in [2.24, 2.45) is 0 Å². The molecule has 2 aromatic carbocycles. The van der Waals surface area contributed by atoms with Crippen molar-refractivity contribution in [1.82, 2.24) is 5.32 Å². The van der Waals surface area contributed by atoms with Gasteiger partial charge in [0.25, 0.3) is 0 Å². The highest BCUT2D eigenvalue weighted by atomic mass is 79.9. The van der Waals surface area contributed by atoms with Crippen LogP contribution in [0, 0.1) is 0 Å². The molecule has 1 atom stereocenters. The van der Waals surface area contributed by atoms with Gasteiger partial charge in [0.1, 0.15) is 5.41 Å². The van der Waals surface area contributed by atoms with Crippen LogP contribution in [-0.2, 0) is 10.2 Å². The zero-order valence-electron chi connectivity index (χ0n) is 18.9. The van der Waals surface area contributed by atoms with E-state index in [1.165, 1.54) is 19.3 Å². The molecule has 0 radical (unpaired) electrons. The van der Waals surface area contributed by atoms with Crippen molar-refractivity contribution < 1.29 is 26.3 Å². The van der Waals surface area contributed by atoms with Crippen LogP contribution in [-0.4, -0.2) is 43.6 Å². The molecule has 0 heterocycles. The molecule has 0 spiro atoms. The SMILES string of the molecule is CC(CC(C(=O)NC1CCCCC1)(c1ccccc1)c1ccccc1)[N+](C)(C)C.[Br-]. The summed E-state index contributed by atoms with van der Waals surface area (Å²) >= 11 is 0. The lowest BCUT2D eigenvalue weighted by atomic mass is 9.69. The second-order valence-corrected chi connectivity index (χ2v) is 9.62. The smallest absolute Gasteiger partial charge is 0.235 e. The Kier molecular flexibility index (Phi) is 8.69. The van der Waals surface area contributed by atoms with Gasteiger partial charge in [0.15, 0.2) is 0 Å². The number of quaternary nitrogens is 1. The molecule has 0 aliphatic heterocycles. The summed E-state index contributed by atoms with van der Waals surface area (Å²) in [6, 6.07) is 21.4. The fourth-order valence-corrected chi connectivity index (χ4v) is 4.48. The van der Waals surface area contributed by atoms with E-state index in [4.69, 9.17) is 0 Å². The number of halogens is 1. The summed E-state index contributed by atoms with van der Waals surface area (Å²) in [6.45, 7) is 2.26. The molecule has 1 amide bonds. The Labute approximate surface area is 193 Å². The highest BCUT2D eigenvalue weighted by Gasteiger charge is 2.46. The van der Waals surface area contributed by atoms with Crippen LogP contribution in [0.4, 0.5) is 0 Å². The second kappa shape index (κ2) is 10.6. The lowest BCUT2D eigenvalue weighted by Gasteiger charge is -2.41. The van der Waals surface area contributed by atoms with Gasteiger partial charge in [-0.15, -0.1) is 0 Å². The number of hydrogen-bond donors (Lipinski definition) is 1. The molecule has 0 saturated heterocycles. The molecule has 1 unspecified atom stereocenters. The first-order chi connectivity index (χ1) is 13.8. The summed E-state index contributed by atoms with van der Waals surface area (Å²) < 4.78 is 0.818. The molecular formula is C26H37BrN2O. The third-order valence-electron chi connectivity index (χ3n) is 6.79. The molecule has 164 valence electrons. The minimum absolute atomic E-state index is 0. The van der Waals surface area contributed by atoms with Crippen LogP contribution in [0.3, 0.4) is 0 Å². The van der Waals surface area contributed by atoms with Crippen LogP contribution in [0.1, 0.15) is 56.6 Å². The summed E-state index contributed by atoms with van der Waals surface area (Å²) in [6.07, 6.45) is 6.66. The van der Waals surface area contributed by atoms with Crippen molar-refractivity contribution in [3.8, 4) is 0 Å². The first-order valence-electron chi connectivity index (χ1n) is 11.1. The van der Waals surface area contributed by atoms with E-state index in [2.05, 4.69) is 81.9 Å². The van der Waals surface area contributed by atoms with E-state index in [1.54, 1.807) is 0 Å². The molecular weight excluding hydrogens is 436 g/mol. The van der Waals surface area contributed by atoms with Crippen molar-refractivity contribution in [3.05, 3.63) is 71.8 Å². The summed E-state index contributed by atoms with van der Waals surface area (Å²) in [4.78, 5) is 14.1. The molecule has 30 heavy (non-hydrogen) atoms. The number of rotatable bonds is 7. The molecule has 1 N–H and O–H groups in total. The van der Waals surface area contributed by atoms with Crippen LogP contribution in [0.15, 0.2) is 60.7 Å². The number of carbonyl (C=O) groups is 1. The fourth-order valence-electron chi connectivity index (χ4n) is 4.48. The Morgan fingerprint density at radius 3 is 1.83 bits per heavy atom. The van der Waals surface area contributed by atoms with Crippen molar-refractivity contribution in [1.29, 1.82) is 0 Å². The first kappa shape index (κ1) is 24.6. The van der Waals surface area contributed by atoms with E-state index in [1.807, 2.05) is 12.1 Å². The number of benzene rings is 2. The topological polar surface area (TPSA) is 29.1 Å². The Bertz CT molecular complexity index is 740. The largest absolute Gasteiger partial charge is 1.00 e. The minimum atomic E-state index is -0.690. The molecule has 1 fully saturated rings. The summed E-state index contributed by atoms with van der Waals surface area (Å²) in [5.41, 5.74) is 1.48. The second-order valence-electron chi connectivity index (χ2n) is 9.62. The number of amides is 1. The number of nitrogens with zero attached hydrogens (tertiary/aromatic N) is 1. The Morgan fingerprint density at radius 2 is 1.40 bits per heavy atom. The van der Waals surface area contributed by atoms with Gasteiger partial charge in [0, 0.05) is 12.5 Å². The number of nitrogens with one attached hydrogen (secondary N) is 1. The lowest BCUT2D eigenvalue weighted by Crippen LogP contribution is -3.00. The monoisotopic (exact) mass is 472 g/mol. The molecule has 0 bridgehead atoms. The van der Waals surface area contributed by atoms with Gasteiger partial charge < -0.3 is 26.8 Å². The molecule has 1 saturated carbocycles. The van der Waals surface area contributed by atoms with Crippen LogP contribution < -0.4 is 22.3 Å². The van der Waals surface area contributed by atoms with Gasteiger partial charge in [0.2, 0.25) is 5.91 Å². The van der Waals surface area contributed by atoms with Crippen molar-refractivity contribution in [2.75, 3.05) is 21.1 Å². The van der Waals surface area contributed by atoms with Crippen LogP contribution >= 0.6 is 0 Å². The molecule has 1 aliphatic carbocycles. The zero-order chi connectivity index (χ0) is 20.9. The van der Waals surface area contributed by atoms with Gasteiger partial charge in [-0.2, -0.15) is 0 Å². The Balaban J connectivity index is 0.00000320. The maximum absolute atomic E-state index is 14.1. The molecule has 1 aliphatic rings. The van der Waals surface area contributed by atoms with Gasteiger partial charge in [-0.05, 0) is 30.9 Å². The molecule has 0 aromatic heterocycles. The Morgan fingerprint density at radius 1 is 0.933 bits per heavy atom. The summed E-state index contributed by atoms with van der Waals surface area (Å²) in [5, 5.41) is 3.47. The quantitative estimate of drug-likeness (QED) is 0.612. The molecule has 2 aromatic rings. The molecule has 3 rings (SSSR count). The predicted octanol–water partition coefficient (Wildman–Crippen LogP) is 1.91. The van der Waals surface area contributed by atoms with Crippen molar-refractivity contribution in [3.63, 3.8) is 0 Å². The average molecular weight is 473 g/mol. The summed E-state index contributed by atoms with van der Waals surface area (Å²) in [7, 11) is 6.64. The lowest BCUT2D eigenvalue weighted by molar-refractivity contribution is -0.894. The highest BCUT2D eigenvalue weighted by molar-refractivity contribution is 5.92. The van der Waals surface area contributed by atoms with E-state index in [0.29, 0.717) is 12.1 Å². The first-order valence-corrected chi connectivity index (χ1v) is 11.1. The third-order valence-corrected chi connectivity index (χ3v) is 6.79. The van der Waals surface area contributed by atoms with E-state index >= 15 is 0 Å². The Hall–Kier alpha value is -1.65. The van der Waals surface area contributed by atoms with Crippen LogP contribution in [0.25, 0.3) is 0 Å². The highest BCUT2D eigenvalue weighted by Crippen LogP contribution is 2.39. The van der Waals surface area contributed by atoms with Crippen LogP contribution in [0.2, 0.25) is 0 Å². The van der Waals surface area contributed by atoms with E-state index in [-0.39, 0.29) is 22.9 Å². The van der Waals surface area contributed by atoms with Gasteiger partial charge in [0.05, 0.1) is 27.2 Å². The zero-order valence-corrected chi connectivity index (χ0v) is 20.5. The van der Waals surface area contributed by atoms with Crippen molar-refractivity contribution >= 4 is 5.91 Å². The third kappa shape index (κ3) is 5.53. The predicted molar refractivity (Wildman–Crippen MR) is 121 cm³/mol. The van der Waals surface area contributed by atoms with Crippen LogP contribution in [0.5, 0.6) is 0 Å². The standard InChI is InChI=1S/C26H36N2O.BrH/c1-21(28(2,3)4)20-26(22-14-8-5-9-15-22,23-16-10-6-11-17-23)25(29)27-24-18-12-7-13-19-24;/h5-6,8-11,14-17,21,24H,7,12-13,18-20H2,1-4H3;1H. The van der Waals surface area contributed by atoms with Crippen molar-refractivity contribution in [2.45, 2.75) is 62.9 Å². The molecule has 3 nitrogen and oxygen atoms in total. The van der Waals surface area contributed by atoms with Gasteiger partial charge in [-0.3, -0.25) is 4.79 Å². The van der Waals surface area contributed by atoms with Gasteiger partial charge in [-0.25, -0.2) is 0 Å². The van der Waals surface area contributed by atoms with E-state index in [0.717, 1.165) is 34.9 Å². The average Bonchev–Trinajstić information content (AvgIpc) is 2.73. The maximum atomic E-state index is 14.1. The van der Waals surface area contributed by atoms with Gasteiger partial charge in [-0.1, -0.05) is 79.9 Å².